The summed E-state index contributed by atoms with van der Waals surface area (Å²) in [6.07, 6.45) is 1.07. The molecule has 0 fully saturated rings. The van der Waals surface area contributed by atoms with Gasteiger partial charge in [-0.15, -0.1) is 0 Å². The van der Waals surface area contributed by atoms with Crippen LogP contribution in [0.2, 0.25) is 0 Å². The first-order valence-electron chi connectivity index (χ1n) is 8.50. The SMILES string of the molecule is CCN(CC)c1ccc(C(=O)NCc2ccc(NC(=O)OC)cc2)cn1. The fourth-order valence-corrected chi connectivity index (χ4v) is 2.41. The number of nitrogens with zero attached hydrogens (tertiary/aromatic N) is 2. The lowest BCUT2D eigenvalue weighted by molar-refractivity contribution is 0.0950. The standard InChI is InChI=1S/C19H24N4O3/c1-4-23(5-2)17-11-8-15(13-20-17)18(24)21-12-14-6-9-16(10-7-14)22-19(25)26-3/h6-11,13H,4-5,12H2,1-3H3,(H,21,24)(H,22,25). The van der Waals surface area contributed by atoms with E-state index in [9.17, 15) is 9.59 Å². The number of carbonyl (C=O) groups is 2. The number of aromatic nitrogens is 1. The molecule has 1 aromatic carbocycles. The Balaban J connectivity index is 1.91. The Hall–Kier alpha value is -3.09. The van der Waals surface area contributed by atoms with Crippen molar-refractivity contribution in [2.45, 2.75) is 20.4 Å². The molecule has 26 heavy (non-hydrogen) atoms. The molecule has 0 atom stereocenters. The first kappa shape index (κ1) is 19.2. The number of benzene rings is 1. The molecule has 0 saturated heterocycles. The lowest BCUT2D eigenvalue weighted by Gasteiger charge is -2.19. The van der Waals surface area contributed by atoms with E-state index >= 15 is 0 Å². The number of rotatable bonds is 7. The van der Waals surface area contributed by atoms with Gasteiger partial charge in [0.05, 0.1) is 12.7 Å². The van der Waals surface area contributed by atoms with E-state index in [0.29, 0.717) is 17.8 Å². The van der Waals surface area contributed by atoms with E-state index in [4.69, 9.17) is 0 Å². The topological polar surface area (TPSA) is 83.6 Å². The predicted molar refractivity (Wildman–Crippen MR) is 101 cm³/mol. The summed E-state index contributed by atoms with van der Waals surface area (Å²) in [6.45, 7) is 6.26. The highest BCUT2D eigenvalue weighted by atomic mass is 16.5. The van der Waals surface area contributed by atoms with E-state index in [1.54, 1.807) is 24.4 Å². The van der Waals surface area contributed by atoms with Crippen molar-refractivity contribution in [1.82, 2.24) is 10.3 Å². The van der Waals surface area contributed by atoms with Gasteiger partial charge >= 0.3 is 6.09 Å². The number of methoxy groups -OCH3 is 1. The van der Waals surface area contributed by atoms with Crippen LogP contribution in [0.4, 0.5) is 16.3 Å². The number of nitrogens with one attached hydrogen (secondary N) is 2. The van der Waals surface area contributed by atoms with Gasteiger partial charge in [-0.1, -0.05) is 12.1 Å². The maximum Gasteiger partial charge on any atom is 0.411 e. The molecule has 7 nitrogen and oxygen atoms in total. The minimum Gasteiger partial charge on any atom is -0.453 e. The number of anilines is 2. The first-order valence-corrected chi connectivity index (χ1v) is 8.50. The second-order valence-corrected chi connectivity index (χ2v) is 5.57. The van der Waals surface area contributed by atoms with Crippen LogP contribution in [0.3, 0.4) is 0 Å². The fourth-order valence-electron chi connectivity index (χ4n) is 2.41. The molecule has 1 aromatic heterocycles. The predicted octanol–water partition coefficient (Wildman–Crippen LogP) is 3.04. The molecule has 7 heteroatoms. The Bertz CT molecular complexity index is 725. The van der Waals surface area contributed by atoms with E-state index in [1.165, 1.54) is 7.11 Å². The summed E-state index contributed by atoms with van der Waals surface area (Å²) in [5.41, 5.74) is 2.06. The summed E-state index contributed by atoms with van der Waals surface area (Å²) in [7, 11) is 1.31. The lowest BCUT2D eigenvalue weighted by Crippen LogP contribution is -2.25. The lowest BCUT2D eigenvalue weighted by atomic mass is 10.2. The van der Waals surface area contributed by atoms with Crippen LogP contribution in [0, 0.1) is 0 Å². The van der Waals surface area contributed by atoms with Gasteiger partial charge in [0.25, 0.3) is 5.91 Å². The Morgan fingerprint density at radius 2 is 1.77 bits per heavy atom. The molecular formula is C19H24N4O3. The second-order valence-electron chi connectivity index (χ2n) is 5.57. The van der Waals surface area contributed by atoms with Crippen molar-refractivity contribution < 1.29 is 14.3 Å². The second kappa shape index (κ2) is 9.41. The van der Waals surface area contributed by atoms with E-state index < -0.39 is 6.09 Å². The zero-order valence-corrected chi connectivity index (χ0v) is 15.3. The smallest absolute Gasteiger partial charge is 0.411 e. The van der Waals surface area contributed by atoms with Crippen molar-refractivity contribution in [3.8, 4) is 0 Å². The molecule has 1 heterocycles. The summed E-state index contributed by atoms with van der Waals surface area (Å²) >= 11 is 0. The summed E-state index contributed by atoms with van der Waals surface area (Å²) in [6, 6.07) is 10.8. The van der Waals surface area contributed by atoms with E-state index in [2.05, 4.69) is 39.1 Å². The maximum atomic E-state index is 12.3. The molecule has 0 radical (unpaired) electrons. The van der Waals surface area contributed by atoms with Crippen molar-refractivity contribution in [2.24, 2.45) is 0 Å². The Kier molecular flexibility index (Phi) is 6.96. The van der Waals surface area contributed by atoms with Gasteiger partial charge in [-0.2, -0.15) is 0 Å². The molecule has 0 aliphatic rings. The van der Waals surface area contributed by atoms with Crippen LogP contribution < -0.4 is 15.5 Å². The van der Waals surface area contributed by atoms with Gasteiger partial charge in [-0.25, -0.2) is 9.78 Å². The van der Waals surface area contributed by atoms with Crippen LogP contribution in [0.1, 0.15) is 29.8 Å². The van der Waals surface area contributed by atoms with E-state index in [1.807, 2.05) is 18.2 Å². The molecule has 2 rings (SSSR count). The van der Waals surface area contributed by atoms with Crippen LogP contribution in [-0.2, 0) is 11.3 Å². The normalized spacial score (nSPS) is 10.1. The zero-order valence-electron chi connectivity index (χ0n) is 15.3. The third-order valence-corrected chi connectivity index (χ3v) is 3.94. The number of pyridine rings is 1. The number of hydrogen-bond donors (Lipinski definition) is 2. The highest BCUT2D eigenvalue weighted by Gasteiger charge is 2.08. The molecule has 138 valence electrons. The number of carbonyl (C=O) groups excluding carboxylic acids is 2. The summed E-state index contributed by atoms with van der Waals surface area (Å²) in [4.78, 5) is 29.9. The van der Waals surface area contributed by atoms with Crippen LogP contribution in [0.5, 0.6) is 0 Å². The molecule has 0 bridgehead atoms. The molecule has 0 aliphatic carbocycles. The van der Waals surface area contributed by atoms with Crippen LogP contribution >= 0.6 is 0 Å². The van der Waals surface area contributed by atoms with Gasteiger partial charge in [0, 0.05) is 31.5 Å². The summed E-state index contributed by atoms with van der Waals surface area (Å²) in [5, 5.41) is 5.43. The molecule has 0 unspecified atom stereocenters. The molecular weight excluding hydrogens is 332 g/mol. The van der Waals surface area contributed by atoms with Crippen LogP contribution in [-0.4, -0.2) is 37.2 Å². The molecule has 2 aromatic rings. The first-order chi connectivity index (χ1) is 12.6. The Labute approximate surface area is 153 Å². The third kappa shape index (κ3) is 5.20. The van der Waals surface area contributed by atoms with Gasteiger partial charge in [-0.05, 0) is 43.7 Å². The Morgan fingerprint density at radius 1 is 1.08 bits per heavy atom. The average molecular weight is 356 g/mol. The van der Waals surface area contributed by atoms with Crippen molar-refractivity contribution >= 4 is 23.5 Å². The van der Waals surface area contributed by atoms with Crippen molar-refractivity contribution in [2.75, 3.05) is 30.4 Å². The van der Waals surface area contributed by atoms with Crippen molar-refractivity contribution in [1.29, 1.82) is 0 Å². The monoisotopic (exact) mass is 356 g/mol. The minimum absolute atomic E-state index is 0.180. The fraction of sp³-hybridized carbons (Fsp3) is 0.316. The van der Waals surface area contributed by atoms with Crippen molar-refractivity contribution in [3.05, 3.63) is 53.7 Å². The van der Waals surface area contributed by atoms with Gasteiger partial charge in [0.1, 0.15) is 5.82 Å². The quantitative estimate of drug-likeness (QED) is 0.797. The van der Waals surface area contributed by atoms with Gasteiger partial charge in [-0.3, -0.25) is 10.1 Å². The average Bonchev–Trinajstić information content (AvgIpc) is 2.68. The third-order valence-electron chi connectivity index (χ3n) is 3.94. The molecule has 0 spiro atoms. The molecule has 2 amide bonds. The highest BCUT2D eigenvalue weighted by Crippen LogP contribution is 2.12. The maximum absolute atomic E-state index is 12.3. The van der Waals surface area contributed by atoms with Gasteiger partial charge in [0.15, 0.2) is 0 Å². The Morgan fingerprint density at radius 3 is 2.31 bits per heavy atom. The van der Waals surface area contributed by atoms with Gasteiger partial charge in [0.2, 0.25) is 0 Å². The molecule has 0 aliphatic heterocycles. The minimum atomic E-state index is -0.522. The van der Waals surface area contributed by atoms with E-state index in [0.717, 1.165) is 24.5 Å². The van der Waals surface area contributed by atoms with Crippen LogP contribution in [0.25, 0.3) is 0 Å². The number of amides is 2. The number of ether oxygens (including phenoxy) is 1. The zero-order chi connectivity index (χ0) is 18.9. The highest BCUT2D eigenvalue weighted by molar-refractivity contribution is 5.94. The van der Waals surface area contributed by atoms with Gasteiger partial charge < -0.3 is 15.0 Å². The van der Waals surface area contributed by atoms with Crippen molar-refractivity contribution in [3.63, 3.8) is 0 Å². The van der Waals surface area contributed by atoms with E-state index in [-0.39, 0.29) is 5.91 Å². The molecule has 0 saturated carbocycles. The van der Waals surface area contributed by atoms with Crippen LogP contribution in [0.15, 0.2) is 42.6 Å². The molecule has 2 N–H and O–H groups in total. The number of hydrogen-bond acceptors (Lipinski definition) is 5. The summed E-state index contributed by atoms with van der Waals surface area (Å²) < 4.78 is 4.53. The largest absolute Gasteiger partial charge is 0.453 e. The summed E-state index contributed by atoms with van der Waals surface area (Å²) in [5.74, 6) is 0.681.